The lowest BCUT2D eigenvalue weighted by atomic mass is 10.0. The van der Waals surface area contributed by atoms with E-state index in [4.69, 9.17) is 16.7 Å². The number of hydrogen-bond acceptors (Lipinski definition) is 2. The highest BCUT2D eigenvalue weighted by atomic mass is 35.5. The van der Waals surface area contributed by atoms with Crippen molar-refractivity contribution in [1.29, 1.82) is 0 Å². The van der Waals surface area contributed by atoms with Gasteiger partial charge in [0.25, 0.3) is 0 Å². The summed E-state index contributed by atoms with van der Waals surface area (Å²) >= 11 is 5.82. The normalized spacial score (nSPS) is 10.5. The zero-order valence-electron chi connectivity index (χ0n) is 9.23. The summed E-state index contributed by atoms with van der Waals surface area (Å²) in [4.78, 5) is 0. The second-order valence-electron chi connectivity index (χ2n) is 3.92. The third-order valence-corrected chi connectivity index (χ3v) is 2.89. The van der Waals surface area contributed by atoms with Gasteiger partial charge in [0.1, 0.15) is 5.75 Å². The van der Waals surface area contributed by atoms with Crippen LogP contribution in [-0.2, 0) is 13.0 Å². The molecule has 0 aliphatic carbocycles. The zero-order valence-corrected chi connectivity index (χ0v) is 9.98. The third kappa shape index (κ3) is 2.99. The molecule has 0 saturated carbocycles. The first-order valence-corrected chi connectivity index (χ1v) is 5.73. The Hall–Kier alpha value is -1.51. The lowest BCUT2D eigenvalue weighted by Crippen LogP contribution is -1.91. The molecule has 0 unspecified atom stereocenters. The molecule has 3 heteroatoms. The van der Waals surface area contributed by atoms with Crippen LogP contribution in [0.3, 0.4) is 0 Å². The minimum absolute atomic E-state index is 0.132. The smallest absolute Gasteiger partial charge is 0.121 e. The molecule has 2 aromatic carbocycles. The molecule has 2 rings (SSSR count). The fourth-order valence-electron chi connectivity index (χ4n) is 1.71. The lowest BCUT2D eigenvalue weighted by Gasteiger charge is -2.06. The van der Waals surface area contributed by atoms with E-state index in [1.807, 2.05) is 36.4 Å². The van der Waals surface area contributed by atoms with Crippen LogP contribution in [0.1, 0.15) is 16.7 Å². The van der Waals surface area contributed by atoms with Crippen molar-refractivity contribution in [2.45, 2.75) is 13.0 Å². The van der Waals surface area contributed by atoms with Crippen molar-refractivity contribution in [1.82, 2.24) is 0 Å². The van der Waals surface area contributed by atoms with Gasteiger partial charge in [-0.25, -0.2) is 0 Å². The predicted octanol–water partition coefficient (Wildman–Crippen LogP) is 3.13. The van der Waals surface area contributed by atoms with Crippen molar-refractivity contribution in [3.05, 3.63) is 64.2 Å². The number of rotatable bonds is 3. The maximum absolute atomic E-state index is 9.46. The Bertz CT molecular complexity index is 506. The third-order valence-electron chi connectivity index (χ3n) is 2.64. The lowest BCUT2D eigenvalue weighted by molar-refractivity contribution is 0.275. The van der Waals surface area contributed by atoms with Crippen LogP contribution >= 0.6 is 11.6 Å². The largest absolute Gasteiger partial charge is 0.508 e. The van der Waals surface area contributed by atoms with Crippen molar-refractivity contribution >= 4 is 11.6 Å². The molecule has 0 saturated heterocycles. The minimum atomic E-state index is -0.152. The van der Waals surface area contributed by atoms with E-state index in [2.05, 4.69) is 0 Å². The molecule has 0 aliphatic heterocycles. The molecule has 0 aromatic heterocycles. The molecule has 88 valence electrons. The van der Waals surface area contributed by atoms with E-state index < -0.39 is 0 Å². The summed E-state index contributed by atoms with van der Waals surface area (Å²) in [5.74, 6) is 0.132. The molecule has 0 bridgehead atoms. The van der Waals surface area contributed by atoms with Crippen LogP contribution in [0.4, 0.5) is 0 Å². The summed E-state index contributed by atoms with van der Waals surface area (Å²) in [7, 11) is 0. The van der Waals surface area contributed by atoms with Crippen molar-refractivity contribution in [2.24, 2.45) is 0 Å². The number of aliphatic hydroxyl groups excluding tert-OH is 1. The van der Waals surface area contributed by atoms with Gasteiger partial charge in [0.05, 0.1) is 6.61 Å². The number of aliphatic hydroxyl groups is 1. The summed E-state index contributed by atoms with van der Waals surface area (Å²) in [5, 5.41) is 19.2. The Morgan fingerprint density at radius 1 is 0.941 bits per heavy atom. The van der Waals surface area contributed by atoms with Gasteiger partial charge in [0.15, 0.2) is 0 Å². The van der Waals surface area contributed by atoms with Crippen LogP contribution in [0.2, 0.25) is 5.02 Å². The minimum Gasteiger partial charge on any atom is -0.508 e. The molecule has 0 spiro atoms. The average molecular weight is 249 g/mol. The monoisotopic (exact) mass is 248 g/mol. The maximum atomic E-state index is 9.46. The van der Waals surface area contributed by atoms with Gasteiger partial charge in [-0.05, 0) is 41.8 Å². The predicted molar refractivity (Wildman–Crippen MR) is 68.3 cm³/mol. The summed E-state index contributed by atoms with van der Waals surface area (Å²) in [6.07, 6.45) is 0.754. The molecular weight excluding hydrogens is 236 g/mol. The topological polar surface area (TPSA) is 40.5 Å². The second kappa shape index (κ2) is 5.21. The van der Waals surface area contributed by atoms with E-state index in [0.29, 0.717) is 5.56 Å². The number of hydrogen-bond donors (Lipinski definition) is 2. The molecule has 2 nitrogen and oxygen atoms in total. The number of halogens is 1. The molecule has 17 heavy (non-hydrogen) atoms. The van der Waals surface area contributed by atoms with Gasteiger partial charge in [-0.15, -0.1) is 0 Å². The summed E-state index contributed by atoms with van der Waals surface area (Å²) in [6.45, 7) is -0.152. The fourth-order valence-corrected chi connectivity index (χ4v) is 1.84. The van der Waals surface area contributed by atoms with Gasteiger partial charge in [-0.1, -0.05) is 29.8 Å². The highest BCUT2D eigenvalue weighted by molar-refractivity contribution is 6.30. The van der Waals surface area contributed by atoms with Crippen molar-refractivity contribution in [2.75, 3.05) is 0 Å². The summed E-state index contributed by atoms with van der Waals surface area (Å²) < 4.78 is 0. The molecular formula is C14H13ClO2. The number of aromatic hydroxyl groups is 1. The van der Waals surface area contributed by atoms with Crippen LogP contribution in [0.25, 0.3) is 0 Å². The first kappa shape index (κ1) is 12.0. The average Bonchev–Trinajstić information content (AvgIpc) is 2.34. The molecule has 0 heterocycles. The molecule has 0 amide bonds. The van der Waals surface area contributed by atoms with Crippen molar-refractivity contribution in [3.8, 4) is 5.75 Å². The van der Waals surface area contributed by atoms with E-state index in [1.54, 1.807) is 6.07 Å². The number of benzene rings is 2. The Morgan fingerprint density at radius 2 is 1.59 bits per heavy atom. The number of phenols is 1. The summed E-state index contributed by atoms with van der Waals surface area (Å²) in [6, 6.07) is 12.9. The van der Waals surface area contributed by atoms with Gasteiger partial charge in [-0.3, -0.25) is 0 Å². The summed E-state index contributed by atoms with van der Waals surface area (Å²) in [5.41, 5.74) is 2.75. The molecule has 0 fully saturated rings. The standard InChI is InChI=1S/C14H13ClO2/c15-13-4-1-10(2-5-13)7-11-3-6-14(17)12(8-11)9-16/h1-6,8,16-17H,7,9H2. The van der Waals surface area contributed by atoms with E-state index in [1.165, 1.54) is 0 Å². The first-order chi connectivity index (χ1) is 8.19. The van der Waals surface area contributed by atoms with Gasteiger partial charge < -0.3 is 10.2 Å². The van der Waals surface area contributed by atoms with Crippen LogP contribution in [0.15, 0.2) is 42.5 Å². The molecule has 2 N–H and O–H groups in total. The van der Waals surface area contributed by atoms with Crippen molar-refractivity contribution in [3.63, 3.8) is 0 Å². The Balaban J connectivity index is 2.21. The Kier molecular flexibility index (Phi) is 3.67. The van der Waals surface area contributed by atoms with Crippen LogP contribution in [-0.4, -0.2) is 10.2 Å². The van der Waals surface area contributed by atoms with Crippen molar-refractivity contribution < 1.29 is 10.2 Å². The van der Waals surface area contributed by atoms with Gasteiger partial charge >= 0.3 is 0 Å². The van der Waals surface area contributed by atoms with Gasteiger partial charge in [0, 0.05) is 10.6 Å². The van der Waals surface area contributed by atoms with Gasteiger partial charge in [0.2, 0.25) is 0 Å². The maximum Gasteiger partial charge on any atom is 0.121 e. The first-order valence-electron chi connectivity index (χ1n) is 5.35. The Morgan fingerprint density at radius 3 is 2.24 bits per heavy atom. The molecule has 0 aliphatic rings. The zero-order chi connectivity index (χ0) is 12.3. The van der Waals surface area contributed by atoms with E-state index in [9.17, 15) is 5.11 Å². The van der Waals surface area contributed by atoms with Gasteiger partial charge in [-0.2, -0.15) is 0 Å². The highest BCUT2D eigenvalue weighted by Crippen LogP contribution is 2.20. The van der Waals surface area contributed by atoms with Crippen LogP contribution < -0.4 is 0 Å². The SMILES string of the molecule is OCc1cc(Cc2ccc(Cl)cc2)ccc1O. The van der Waals surface area contributed by atoms with Crippen LogP contribution in [0, 0.1) is 0 Å². The molecule has 0 radical (unpaired) electrons. The molecule has 0 atom stereocenters. The van der Waals surface area contributed by atoms with Crippen LogP contribution in [0.5, 0.6) is 5.75 Å². The fraction of sp³-hybridized carbons (Fsp3) is 0.143. The van der Waals surface area contributed by atoms with E-state index in [-0.39, 0.29) is 12.4 Å². The van der Waals surface area contributed by atoms with E-state index >= 15 is 0 Å². The Labute approximate surface area is 105 Å². The quantitative estimate of drug-likeness (QED) is 0.876. The van der Waals surface area contributed by atoms with E-state index in [0.717, 1.165) is 22.6 Å². The highest BCUT2D eigenvalue weighted by Gasteiger charge is 2.02. The second-order valence-corrected chi connectivity index (χ2v) is 4.36. The molecule has 2 aromatic rings.